The Morgan fingerprint density at radius 1 is 0.615 bits per heavy atom. The summed E-state index contributed by atoms with van der Waals surface area (Å²) in [6, 6.07) is 32.0. The van der Waals surface area contributed by atoms with Gasteiger partial charge in [0.15, 0.2) is 0 Å². The standard InChI is InChI=1S/C22H20BrO2P/c23-26(18-22-24-16-17-25-22,19-10-4-1-5-11-19,20-12-6-2-7-13-20)21-14-8-3-9-15-21/h1-17,22H,18H2. The van der Waals surface area contributed by atoms with E-state index in [0.717, 1.165) is 0 Å². The average molecular weight is 427 g/mol. The normalized spacial score (nSPS) is 15.7. The Kier molecular flexibility index (Phi) is 4.60. The SMILES string of the molecule is BrP(CC1OC=CO1)(c1ccccc1)(c1ccccc1)c1ccccc1. The quantitative estimate of drug-likeness (QED) is 0.551. The minimum absolute atomic E-state index is 0.326. The molecule has 0 aromatic heterocycles. The van der Waals surface area contributed by atoms with Gasteiger partial charge in [-0.25, -0.2) is 0 Å². The summed E-state index contributed by atoms with van der Waals surface area (Å²) in [5, 5.41) is 0.799. The summed E-state index contributed by atoms with van der Waals surface area (Å²) in [6.07, 6.45) is 3.63. The number of halogens is 1. The predicted molar refractivity (Wildman–Crippen MR) is 114 cm³/mol. The van der Waals surface area contributed by atoms with E-state index in [4.69, 9.17) is 9.47 Å². The van der Waals surface area contributed by atoms with Crippen LogP contribution in [0, 0.1) is 0 Å². The van der Waals surface area contributed by atoms with Gasteiger partial charge in [-0.1, -0.05) is 0 Å². The van der Waals surface area contributed by atoms with Crippen molar-refractivity contribution in [2.75, 3.05) is 6.16 Å². The monoisotopic (exact) mass is 426 g/mol. The van der Waals surface area contributed by atoms with Crippen molar-refractivity contribution in [1.29, 1.82) is 0 Å². The number of ether oxygens (including phenoxy) is 2. The third-order valence-corrected chi connectivity index (χ3v) is 14.6. The molecular formula is C22H20BrO2P. The Bertz CT molecular complexity index is 790. The molecular weight excluding hydrogens is 407 g/mol. The van der Waals surface area contributed by atoms with Gasteiger partial charge in [0.25, 0.3) is 0 Å². The van der Waals surface area contributed by atoms with Crippen LogP contribution in [0.25, 0.3) is 0 Å². The zero-order valence-electron chi connectivity index (χ0n) is 14.2. The van der Waals surface area contributed by atoms with Gasteiger partial charge in [-0.05, 0) is 0 Å². The van der Waals surface area contributed by atoms with Crippen molar-refractivity contribution in [3.63, 3.8) is 0 Å². The average Bonchev–Trinajstić information content (AvgIpc) is 3.23. The van der Waals surface area contributed by atoms with Gasteiger partial charge in [0.2, 0.25) is 0 Å². The van der Waals surface area contributed by atoms with Gasteiger partial charge in [0.1, 0.15) is 0 Å². The van der Waals surface area contributed by atoms with Crippen LogP contribution in [0.5, 0.6) is 0 Å². The fourth-order valence-corrected chi connectivity index (χ4v) is 11.1. The van der Waals surface area contributed by atoms with Gasteiger partial charge in [-0.2, -0.15) is 0 Å². The molecule has 4 rings (SSSR count). The molecule has 0 N–H and O–H groups in total. The summed E-state index contributed by atoms with van der Waals surface area (Å²) in [5.74, 6) is 0. The molecule has 0 radical (unpaired) electrons. The van der Waals surface area contributed by atoms with Gasteiger partial charge in [0, 0.05) is 0 Å². The van der Waals surface area contributed by atoms with Crippen LogP contribution in [0.4, 0.5) is 0 Å². The van der Waals surface area contributed by atoms with E-state index in [0.29, 0.717) is 6.16 Å². The van der Waals surface area contributed by atoms with E-state index in [1.54, 1.807) is 12.5 Å². The number of rotatable bonds is 5. The van der Waals surface area contributed by atoms with Crippen molar-refractivity contribution in [2.45, 2.75) is 6.29 Å². The third-order valence-electron chi connectivity index (χ3n) is 4.89. The van der Waals surface area contributed by atoms with Gasteiger partial charge in [0.05, 0.1) is 0 Å². The number of hydrogen-bond donors (Lipinski definition) is 0. The van der Waals surface area contributed by atoms with Crippen LogP contribution >= 0.6 is 20.8 Å². The topological polar surface area (TPSA) is 18.5 Å². The molecule has 0 atom stereocenters. The predicted octanol–water partition coefficient (Wildman–Crippen LogP) is 4.67. The summed E-state index contributed by atoms with van der Waals surface area (Å²) in [4.78, 5) is 0. The van der Waals surface area contributed by atoms with Crippen molar-refractivity contribution < 1.29 is 9.47 Å². The molecule has 0 bridgehead atoms. The molecule has 1 aliphatic rings. The second-order valence-corrected chi connectivity index (χ2v) is 15.3. The van der Waals surface area contributed by atoms with Crippen LogP contribution in [0.3, 0.4) is 0 Å². The van der Waals surface area contributed by atoms with Gasteiger partial charge >= 0.3 is 162 Å². The second kappa shape index (κ2) is 6.90. The van der Waals surface area contributed by atoms with E-state index in [9.17, 15) is 0 Å². The van der Waals surface area contributed by atoms with E-state index in [2.05, 4.69) is 106 Å². The van der Waals surface area contributed by atoms with Crippen molar-refractivity contribution in [3.05, 3.63) is 104 Å². The molecule has 0 fully saturated rings. The summed E-state index contributed by atoms with van der Waals surface area (Å²) in [5.41, 5.74) is 0. The van der Waals surface area contributed by atoms with E-state index in [1.165, 1.54) is 15.9 Å². The molecule has 1 aliphatic heterocycles. The molecule has 0 amide bonds. The van der Waals surface area contributed by atoms with E-state index < -0.39 is 5.31 Å². The fourth-order valence-electron chi connectivity index (χ4n) is 3.62. The molecule has 4 heteroatoms. The summed E-state index contributed by atoms with van der Waals surface area (Å²) >= 11 is 4.37. The molecule has 0 saturated heterocycles. The van der Waals surface area contributed by atoms with Crippen LogP contribution in [0.2, 0.25) is 0 Å². The Balaban J connectivity index is 2.03. The molecule has 3 aromatic rings. The number of benzene rings is 3. The minimum atomic E-state index is -2.98. The maximum atomic E-state index is 5.74. The molecule has 0 saturated carbocycles. The molecule has 1 heterocycles. The first-order valence-electron chi connectivity index (χ1n) is 8.57. The van der Waals surface area contributed by atoms with Crippen molar-refractivity contribution >= 4 is 36.7 Å². The first-order valence-corrected chi connectivity index (χ1v) is 13.0. The zero-order valence-corrected chi connectivity index (χ0v) is 16.7. The molecule has 3 aromatic carbocycles. The summed E-state index contributed by atoms with van der Waals surface area (Å²) in [7, 11) is 0. The van der Waals surface area contributed by atoms with Crippen molar-refractivity contribution in [3.8, 4) is 0 Å². The Morgan fingerprint density at radius 3 is 1.31 bits per heavy atom. The third kappa shape index (κ3) is 2.76. The zero-order chi connectivity index (χ0) is 17.9. The van der Waals surface area contributed by atoms with E-state index >= 15 is 0 Å². The van der Waals surface area contributed by atoms with Crippen molar-refractivity contribution in [2.24, 2.45) is 0 Å². The molecule has 132 valence electrons. The fraction of sp³-hybridized carbons (Fsp3) is 0.0909. The maximum absolute atomic E-state index is 5.74. The molecule has 2 nitrogen and oxygen atoms in total. The first kappa shape index (κ1) is 17.3. The van der Waals surface area contributed by atoms with Crippen LogP contribution in [-0.4, -0.2) is 12.5 Å². The Labute approximate surface area is 162 Å². The van der Waals surface area contributed by atoms with E-state index in [-0.39, 0.29) is 6.29 Å². The second-order valence-electron chi connectivity index (χ2n) is 6.35. The number of hydrogen-bond acceptors (Lipinski definition) is 2. The molecule has 26 heavy (non-hydrogen) atoms. The van der Waals surface area contributed by atoms with Crippen LogP contribution in [0.1, 0.15) is 0 Å². The first-order chi connectivity index (χ1) is 12.7. The van der Waals surface area contributed by atoms with Crippen LogP contribution in [-0.2, 0) is 9.47 Å². The Hall–Kier alpha value is -2.09. The van der Waals surface area contributed by atoms with Crippen molar-refractivity contribution in [1.82, 2.24) is 0 Å². The Morgan fingerprint density at radius 2 is 0.962 bits per heavy atom. The van der Waals surface area contributed by atoms with E-state index in [1.807, 2.05) is 0 Å². The van der Waals surface area contributed by atoms with Gasteiger partial charge in [-0.3, -0.25) is 0 Å². The van der Waals surface area contributed by atoms with Crippen LogP contribution in [0.15, 0.2) is 104 Å². The van der Waals surface area contributed by atoms with Crippen LogP contribution < -0.4 is 15.9 Å². The van der Waals surface area contributed by atoms with Gasteiger partial charge in [-0.15, -0.1) is 0 Å². The summed E-state index contributed by atoms with van der Waals surface area (Å²) in [6.45, 7) is 0. The molecule has 0 aliphatic carbocycles. The molecule has 0 spiro atoms. The summed E-state index contributed by atoms with van der Waals surface area (Å²) < 4.78 is 11.5. The van der Waals surface area contributed by atoms with Gasteiger partial charge < -0.3 is 0 Å². The molecule has 0 unspecified atom stereocenters.